The van der Waals surface area contributed by atoms with Gasteiger partial charge in [-0.1, -0.05) is 19.1 Å². The van der Waals surface area contributed by atoms with Crippen LogP contribution in [0, 0.1) is 5.92 Å². The lowest BCUT2D eigenvalue weighted by Gasteiger charge is -2.46. The standard InChI is InChI=1S/C29H31F4N5O/c1-18-13-28(14-18,27-35-34-17-36(27)2)20-4-3-5-22(12-20)38-9-7-23-24(26(38)39)10-19(11-25(23)29(31,32)33)15-37-8-6-21(30)16-37/h3-5,10-12,17-18,21H,6-9,13-16H2,1-2H3/t18?,21-,28?/m0/s1. The molecule has 39 heavy (non-hydrogen) atoms. The maximum absolute atomic E-state index is 14.1. The van der Waals surface area contributed by atoms with Gasteiger partial charge in [0.05, 0.1) is 11.0 Å². The predicted molar refractivity (Wildman–Crippen MR) is 138 cm³/mol. The number of carbonyl (C=O) groups is 1. The molecule has 1 saturated heterocycles. The quantitative estimate of drug-likeness (QED) is 0.412. The molecule has 3 heterocycles. The summed E-state index contributed by atoms with van der Waals surface area (Å²) in [6.07, 6.45) is -1.61. The molecule has 3 aromatic rings. The molecule has 10 heteroatoms. The minimum Gasteiger partial charge on any atom is -0.320 e. The smallest absolute Gasteiger partial charge is 0.320 e. The third-order valence-corrected chi connectivity index (χ3v) is 8.54. The number of alkyl halides is 4. The second-order valence-corrected chi connectivity index (χ2v) is 11.4. The molecule has 0 bridgehead atoms. The Kier molecular flexibility index (Phi) is 6.28. The molecule has 206 valence electrons. The van der Waals surface area contributed by atoms with Gasteiger partial charge in [-0.15, -0.1) is 10.2 Å². The van der Waals surface area contributed by atoms with Crippen LogP contribution in [0.3, 0.4) is 0 Å². The fourth-order valence-corrected chi connectivity index (χ4v) is 6.81. The number of hydrogen-bond donors (Lipinski definition) is 0. The van der Waals surface area contributed by atoms with E-state index in [0.29, 0.717) is 30.1 Å². The van der Waals surface area contributed by atoms with Crippen molar-refractivity contribution in [1.82, 2.24) is 19.7 Å². The summed E-state index contributed by atoms with van der Waals surface area (Å²) in [5.74, 6) is 0.932. The lowest BCUT2D eigenvalue weighted by atomic mass is 9.58. The number of fused-ring (bicyclic) bond motifs is 1. The molecule has 6 rings (SSSR count). The van der Waals surface area contributed by atoms with Gasteiger partial charge in [0.25, 0.3) is 5.91 Å². The zero-order valence-electron chi connectivity index (χ0n) is 22.0. The molecule has 1 atom stereocenters. The van der Waals surface area contributed by atoms with Crippen molar-refractivity contribution in [2.75, 3.05) is 24.5 Å². The number of hydrogen-bond acceptors (Lipinski definition) is 4. The fourth-order valence-electron chi connectivity index (χ4n) is 6.81. The topological polar surface area (TPSA) is 54.3 Å². The molecule has 2 aliphatic heterocycles. The number of amides is 1. The van der Waals surface area contributed by atoms with Gasteiger partial charge in [-0.05, 0) is 72.6 Å². The van der Waals surface area contributed by atoms with Crippen LogP contribution < -0.4 is 4.90 Å². The summed E-state index contributed by atoms with van der Waals surface area (Å²) in [6.45, 7) is 3.20. The van der Waals surface area contributed by atoms with Gasteiger partial charge in [-0.2, -0.15) is 13.2 Å². The Labute approximate surface area is 224 Å². The molecule has 1 saturated carbocycles. The van der Waals surface area contributed by atoms with Crippen molar-refractivity contribution in [2.24, 2.45) is 13.0 Å². The first-order valence-corrected chi connectivity index (χ1v) is 13.4. The fraction of sp³-hybridized carbons (Fsp3) is 0.483. The third kappa shape index (κ3) is 4.52. The maximum atomic E-state index is 14.1. The minimum absolute atomic E-state index is 0.0387. The van der Waals surface area contributed by atoms with E-state index in [1.807, 2.05) is 35.9 Å². The van der Waals surface area contributed by atoms with Crippen LogP contribution in [-0.4, -0.2) is 51.4 Å². The van der Waals surface area contributed by atoms with Crippen molar-refractivity contribution in [3.05, 3.63) is 76.4 Å². The summed E-state index contributed by atoms with van der Waals surface area (Å²) < 4.78 is 57.9. The van der Waals surface area contributed by atoms with Crippen molar-refractivity contribution in [3.8, 4) is 0 Å². The molecular weight excluding hydrogens is 510 g/mol. The Morgan fingerprint density at radius 2 is 1.92 bits per heavy atom. The summed E-state index contributed by atoms with van der Waals surface area (Å²) in [6, 6.07) is 10.4. The molecule has 0 radical (unpaired) electrons. The van der Waals surface area contributed by atoms with E-state index in [1.165, 1.54) is 0 Å². The molecule has 0 spiro atoms. The van der Waals surface area contributed by atoms with E-state index >= 15 is 0 Å². The highest BCUT2D eigenvalue weighted by Gasteiger charge is 2.48. The van der Waals surface area contributed by atoms with Crippen LogP contribution in [0.5, 0.6) is 0 Å². The molecular formula is C29H31F4N5O. The number of aryl methyl sites for hydroxylation is 1. The number of anilines is 1. The second kappa shape index (κ2) is 9.43. The van der Waals surface area contributed by atoms with E-state index in [2.05, 4.69) is 17.1 Å². The number of likely N-dealkylation sites (tertiary alicyclic amines) is 1. The predicted octanol–water partition coefficient (Wildman–Crippen LogP) is 5.30. The molecule has 1 aromatic heterocycles. The molecule has 0 unspecified atom stereocenters. The van der Waals surface area contributed by atoms with Gasteiger partial charge < -0.3 is 9.47 Å². The van der Waals surface area contributed by atoms with Gasteiger partial charge in [-0.3, -0.25) is 9.69 Å². The van der Waals surface area contributed by atoms with Crippen LogP contribution in [0.2, 0.25) is 0 Å². The Morgan fingerprint density at radius 1 is 1.13 bits per heavy atom. The largest absolute Gasteiger partial charge is 0.416 e. The SMILES string of the molecule is CC1CC(c2cccc(N3CCc4c(cc(CN5CC[C@H](F)C5)cc4C(F)(F)F)C3=O)c2)(c2nncn2C)C1. The van der Waals surface area contributed by atoms with Crippen LogP contribution in [0.15, 0.2) is 42.7 Å². The van der Waals surface area contributed by atoms with Crippen molar-refractivity contribution >= 4 is 11.6 Å². The van der Waals surface area contributed by atoms with Crippen LogP contribution in [0.25, 0.3) is 0 Å². The first kappa shape index (κ1) is 26.0. The van der Waals surface area contributed by atoms with Crippen molar-refractivity contribution < 1.29 is 22.4 Å². The average molecular weight is 542 g/mol. The minimum atomic E-state index is -4.58. The second-order valence-electron chi connectivity index (χ2n) is 11.4. The van der Waals surface area contributed by atoms with Crippen molar-refractivity contribution in [2.45, 2.75) is 56.9 Å². The number of carbonyl (C=O) groups excluding carboxylic acids is 1. The van der Waals surface area contributed by atoms with Crippen LogP contribution in [-0.2, 0) is 31.6 Å². The highest BCUT2D eigenvalue weighted by atomic mass is 19.4. The first-order valence-electron chi connectivity index (χ1n) is 13.4. The number of halogens is 4. The molecule has 3 aliphatic rings. The normalized spacial score (nSPS) is 25.6. The Hall–Kier alpha value is -3.27. The first-order chi connectivity index (χ1) is 18.5. The van der Waals surface area contributed by atoms with E-state index in [9.17, 15) is 22.4 Å². The van der Waals surface area contributed by atoms with E-state index < -0.39 is 23.8 Å². The molecule has 0 N–H and O–H groups in total. The summed E-state index contributed by atoms with van der Waals surface area (Å²) in [5.41, 5.74) is 1.08. The number of nitrogens with zero attached hydrogens (tertiary/aromatic N) is 5. The maximum Gasteiger partial charge on any atom is 0.416 e. The Balaban J connectivity index is 1.35. The Morgan fingerprint density at radius 3 is 2.56 bits per heavy atom. The van der Waals surface area contributed by atoms with Crippen LogP contribution in [0.4, 0.5) is 23.2 Å². The molecule has 2 fully saturated rings. The Bertz CT molecular complexity index is 1410. The molecule has 6 nitrogen and oxygen atoms in total. The zero-order chi connectivity index (χ0) is 27.5. The van der Waals surface area contributed by atoms with Gasteiger partial charge >= 0.3 is 6.18 Å². The molecule has 2 aromatic carbocycles. The highest BCUT2D eigenvalue weighted by Crippen LogP contribution is 2.52. The van der Waals surface area contributed by atoms with Gasteiger partial charge in [0.2, 0.25) is 0 Å². The van der Waals surface area contributed by atoms with Gasteiger partial charge in [-0.25, -0.2) is 4.39 Å². The number of benzene rings is 2. The number of aromatic nitrogens is 3. The van der Waals surface area contributed by atoms with Gasteiger partial charge in [0.1, 0.15) is 18.3 Å². The van der Waals surface area contributed by atoms with E-state index in [4.69, 9.17) is 0 Å². The van der Waals surface area contributed by atoms with E-state index in [-0.39, 0.29) is 42.6 Å². The average Bonchev–Trinajstić information content (AvgIpc) is 3.49. The van der Waals surface area contributed by atoms with Crippen LogP contribution in [0.1, 0.15) is 64.6 Å². The summed E-state index contributed by atoms with van der Waals surface area (Å²) in [7, 11) is 1.92. The number of rotatable bonds is 5. The lowest BCUT2D eigenvalue weighted by Crippen LogP contribution is -2.43. The molecule has 1 amide bonds. The molecule has 1 aliphatic carbocycles. The monoisotopic (exact) mass is 541 g/mol. The highest BCUT2D eigenvalue weighted by molar-refractivity contribution is 6.08. The van der Waals surface area contributed by atoms with E-state index in [1.54, 1.807) is 22.2 Å². The van der Waals surface area contributed by atoms with Crippen LogP contribution >= 0.6 is 0 Å². The van der Waals surface area contributed by atoms with Crippen molar-refractivity contribution in [3.63, 3.8) is 0 Å². The lowest BCUT2D eigenvalue weighted by molar-refractivity contribution is -0.138. The summed E-state index contributed by atoms with van der Waals surface area (Å²) >= 11 is 0. The zero-order valence-corrected chi connectivity index (χ0v) is 22.0. The summed E-state index contributed by atoms with van der Waals surface area (Å²) in [4.78, 5) is 17.2. The third-order valence-electron chi connectivity index (χ3n) is 8.54. The summed E-state index contributed by atoms with van der Waals surface area (Å²) in [5, 5.41) is 8.47. The van der Waals surface area contributed by atoms with Gasteiger partial charge in [0.15, 0.2) is 0 Å². The van der Waals surface area contributed by atoms with E-state index in [0.717, 1.165) is 30.3 Å². The van der Waals surface area contributed by atoms with Crippen molar-refractivity contribution in [1.29, 1.82) is 0 Å². The van der Waals surface area contributed by atoms with Gasteiger partial charge in [0, 0.05) is 44.5 Å².